The molecule has 1 aromatic carbocycles. The summed E-state index contributed by atoms with van der Waals surface area (Å²) in [6.45, 7) is 0. The molecule has 0 saturated heterocycles. The molecule has 1 saturated carbocycles. The van der Waals surface area contributed by atoms with Gasteiger partial charge in [-0.05, 0) is 42.9 Å². The van der Waals surface area contributed by atoms with Gasteiger partial charge in [-0.3, -0.25) is 4.79 Å². The largest absolute Gasteiger partial charge is 0.496 e. The average Bonchev–Trinajstić information content (AvgIpc) is 3.01. The van der Waals surface area contributed by atoms with Gasteiger partial charge in [-0.15, -0.1) is 0 Å². The van der Waals surface area contributed by atoms with Crippen LogP contribution in [-0.4, -0.2) is 19.1 Å². The summed E-state index contributed by atoms with van der Waals surface area (Å²) >= 11 is 5.95. The first-order valence-corrected chi connectivity index (χ1v) is 6.88. The first-order chi connectivity index (χ1) is 9.17. The molecule has 3 nitrogen and oxygen atoms in total. The lowest BCUT2D eigenvalue weighted by Gasteiger charge is -2.20. The van der Waals surface area contributed by atoms with Crippen LogP contribution in [0.2, 0.25) is 5.02 Å². The Bertz CT molecular complexity index is 541. The number of hydrogen-bond acceptors (Lipinski definition) is 2. The third kappa shape index (κ3) is 2.35. The number of rotatable bonds is 3. The van der Waals surface area contributed by atoms with Gasteiger partial charge in [-0.25, -0.2) is 0 Å². The molecule has 2 bridgehead atoms. The minimum Gasteiger partial charge on any atom is -0.496 e. The third-order valence-corrected chi connectivity index (χ3v) is 4.24. The van der Waals surface area contributed by atoms with Crippen molar-refractivity contribution in [1.82, 2.24) is 5.32 Å². The van der Waals surface area contributed by atoms with E-state index in [4.69, 9.17) is 16.3 Å². The van der Waals surface area contributed by atoms with Gasteiger partial charge in [0.15, 0.2) is 0 Å². The summed E-state index contributed by atoms with van der Waals surface area (Å²) in [6, 6.07) is 5.33. The van der Waals surface area contributed by atoms with Crippen molar-refractivity contribution in [2.75, 3.05) is 7.11 Å². The zero-order valence-corrected chi connectivity index (χ0v) is 11.5. The van der Waals surface area contributed by atoms with Crippen molar-refractivity contribution in [3.8, 4) is 5.75 Å². The standard InChI is InChI=1S/C15H16ClNO2/c1-19-14-5-4-11(16)8-12(14)15(18)17-13-7-9-2-3-10(13)6-9/h2-5,8-10,13H,6-7H2,1H3,(H,17,18). The Morgan fingerprint density at radius 1 is 1.37 bits per heavy atom. The van der Waals surface area contributed by atoms with Gasteiger partial charge in [0.25, 0.3) is 5.91 Å². The van der Waals surface area contributed by atoms with Crippen molar-refractivity contribution in [3.63, 3.8) is 0 Å². The minimum atomic E-state index is -0.106. The van der Waals surface area contributed by atoms with E-state index in [1.165, 1.54) is 0 Å². The molecule has 0 spiro atoms. The lowest BCUT2D eigenvalue weighted by molar-refractivity contribution is 0.0928. The predicted molar refractivity (Wildman–Crippen MR) is 74.6 cm³/mol. The normalized spacial score (nSPS) is 27.6. The smallest absolute Gasteiger partial charge is 0.255 e. The molecular formula is C15H16ClNO2. The molecule has 0 aromatic heterocycles. The molecule has 1 aromatic rings. The Balaban J connectivity index is 1.77. The fourth-order valence-electron chi connectivity index (χ4n) is 3.05. The number of methoxy groups -OCH3 is 1. The Morgan fingerprint density at radius 3 is 2.84 bits per heavy atom. The topological polar surface area (TPSA) is 38.3 Å². The zero-order chi connectivity index (χ0) is 13.4. The lowest BCUT2D eigenvalue weighted by atomic mass is 10.0. The molecular weight excluding hydrogens is 262 g/mol. The van der Waals surface area contributed by atoms with Crippen molar-refractivity contribution in [2.24, 2.45) is 11.8 Å². The fourth-order valence-corrected chi connectivity index (χ4v) is 3.22. The van der Waals surface area contributed by atoms with Gasteiger partial charge in [0, 0.05) is 11.1 Å². The molecule has 3 rings (SSSR count). The maximum atomic E-state index is 12.3. The van der Waals surface area contributed by atoms with Crippen LogP contribution < -0.4 is 10.1 Å². The first kappa shape index (κ1) is 12.5. The zero-order valence-electron chi connectivity index (χ0n) is 10.7. The maximum absolute atomic E-state index is 12.3. The van der Waals surface area contributed by atoms with Crippen molar-refractivity contribution in [3.05, 3.63) is 40.9 Å². The van der Waals surface area contributed by atoms with Crippen molar-refractivity contribution < 1.29 is 9.53 Å². The molecule has 3 unspecified atom stereocenters. The van der Waals surface area contributed by atoms with Crippen molar-refractivity contribution >= 4 is 17.5 Å². The number of carbonyl (C=O) groups is 1. The van der Waals surface area contributed by atoms with E-state index in [9.17, 15) is 4.79 Å². The summed E-state index contributed by atoms with van der Waals surface area (Å²) in [5.41, 5.74) is 0.502. The van der Waals surface area contributed by atoms with Gasteiger partial charge in [0.1, 0.15) is 5.75 Å². The highest BCUT2D eigenvalue weighted by molar-refractivity contribution is 6.31. The summed E-state index contributed by atoms with van der Waals surface area (Å²) < 4.78 is 5.21. The molecule has 0 aliphatic heterocycles. The summed E-state index contributed by atoms with van der Waals surface area (Å²) in [5, 5.41) is 3.64. The van der Waals surface area contributed by atoms with Crippen LogP contribution in [0.5, 0.6) is 5.75 Å². The van der Waals surface area contributed by atoms with Crippen LogP contribution in [0.15, 0.2) is 30.4 Å². The van der Waals surface area contributed by atoms with Gasteiger partial charge in [-0.2, -0.15) is 0 Å². The molecule has 19 heavy (non-hydrogen) atoms. The molecule has 2 aliphatic rings. The van der Waals surface area contributed by atoms with Crippen LogP contribution in [0.4, 0.5) is 0 Å². The number of amides is 1. The third-order valence-electron chi connectivity index (χ3n) is 4.00. The molecule has 100 valence electrons. The van der Waals surface area contributed by atoms with E-state index in [0.717, 1.165) is 12.8 Å². The van der Waals surface area contributed by atoms with E-state index in [1.54, 1.807) is 25.3 Å². The fraction of sp³-hybridized carbons (Fsp3) is 0.400. The van der Waals surface area contributed by atoms with Crippen LogP contribution in [0.3, 0.4) is 0 Å². The van der Waals surface area contributed by atoms with E-state index in [-0.39, 0.29) is 11.9 Å². The summed E-state index contributed by atoms with van der Waals surface area (Å²) in [6.07, 6.45) is 6.68. The van der Waals surface area contributed by atoms with E-state index in [2.05, 4.69) is 17.5 Å². The van der Waals surface area contributed by atoms with Crippen LogP contribution in [0.1, 0.15) is 23.2 Å². The quantitative estimate of drug-likeness (QED) is 0.863. The number of nitrogens with one attached hydrogen (secondary N) is 1. The van der Waals surface area contributed by atoms with Crippen LogP contribution in [0, 0.1) is 11.8 Å². The number of carbonyl (C=O) groups excluding carboxylic acids is 1. The highest BCUT2D eigenvalue weighted by Gasteiger charge is 2.36. The number of fused-ring (bicyclic) bond motifs is 2. The molecule has 1 N–H and O–H groups in total. The van der Waals surface area contributed by atoms with E-state index < -0.39 is 0 Å². The highest BCUT2D eigenvalue weighted by atomic mass is 35.5. The van der Waals surface area contributed by atoms with Gasteiger partial charge in [-0.1, -0.05) is 23.8 Å². The Kier molecular flexibility index (Phi) is 3.23. The van der Waals surface area contributed by atoms with Gasteiger partial charge in [0.05, 0.1) is 12.7 Å². The van der Waals surface area contributed by atoms with E-state index >= 15 is 0 Å². The van der Waals surface area contributed by atoms with Crippen molar-refractivity contribution in [1.29, 1.82) is 0 Å². The number of ether oxygens (including phenoxy) is 1. The molecule has 4 heteroatoms. The number of hydrogen-bond donors (Lipinski definition) is 1. The van der Waals surface area contributed by atoms with E-state index in [0.29, 0.717) is 28.2 Å². The average molecular weight is 278 g/mol. The second kappa shape index (κ2) is 4.89. The predicted octanol–water partition coefficient (Wildman–Crippen LogP) is 3.04. The molecule has 3 atom stereocenters. The highest BCUT2D eigenvalue weighted by Crippen LogP contribution is 2.39. The summed E-state index contributed by atoms with van der Waals surface area (Å²) in [5.74, 6) is 1.57. The second-order valence-electron chi connectivity index (χ2n) is 5.20. The SMILES string of the molecule is COc1ccc(Cl)cc1C(=O)NC1CC2C=CC1C2. The molecule has 0 radical (unpaired) electrons. The maximum Gasteiger partial charge on any atom is 0.255 e. The minimum absolute atomic E-state index is 0.106. The monoisotopic (exact) mass is 277 g/mol. The van der Waals surface area contributed by atoms with Gasteiger partial charge in [0.2, 0.25) is 0 Å². The Morgan fingerprint density at radius 2 is 2.21 bits per heavy atom. The molecule has 0 heterocycles. The Hall–Kier alpha value is -1.48. The van der Waals surface area contributed by atoms with Gasteiger partial charge < -0.3 is 10.1 Å². The van der Waals surface area contributed by atoms with Crippen LogP contribution in [0.25, 0.3) is 0 Å². The number of halogens is 1. The molecule has 2 aliphatic carbocycles. The Labute approximate surface area is 117 Å². The lowest BCUT2D eigenvalue weighted by Crippen LogP contribution is -2.37. The molecule has 1 fully saturated rings. The first-order valence-electron chi connectivity index (χ1n) is 6.50. The van der Waals surface area contributed by atoms with E-state index in [1.807, 2.05) is 0 Å². The number of benzene rings is 1. The van der Waals surface area contributed by atoms with Crippen LogP contribution in [-0.2, 0) is 0 Å². The van der Waals surface area contributed by atoms with Gasteiger partial charge >= 0.3 is 0 Å². The number of allylic oxidation sites excluding steroid dienone is 1. The van der Waals surface area contributed by atoms with Crippen LogP contribution >= 0.6 is 11.6 Å². The molecule has 1 amide bonds. The second-order valence-corrected chi connectivity index (χ2v) is 5.64. The van der Waals surface area contributed by atoms with Crippen molar-refractivity contribution in [2.45, 2.75) is 18.9 Å². The summed E-state index contributed by atoms with van der Waals surface area (Å²) in [7, 11) is 1.56. The summed E-state index contributed by atoms with van der Waals surface area (Å²) in [4.78, 5) is 12.3.